The van der Waals surface area contributed by atoms with Crippen LogP contribution < -0.4 is 5.14 Å². The predicted octanol–water partition coefficient (Wildman–Crippen LogP) is 1.02. The van der Waals surface area contributed by atoms with Gasteiger partial charge in [-0.15, -0.1) is 12.6 Å². The number of hydrogen-bond acceptors (Lipinski definition) is 5. The quantitative estimate of drug-likeness (QED) is 0.565. The van der Waals surface area contributed by atoms with Crippen LogP contribution in [0.15, 0.2) is 45.0 Å². The monoisotopic (exact) mass is 319 g/mol. The van der Waals surface area contributed by atoms with E-state index >= 15 is 0 Å². The minimum absolute atomic E-state index is 0.188. The highest BCUT2D eigenvalue weighted by molar-refractivity contribution is 7.89. The van der Waals surface area contributed by atoms with Crippen molar-refractivity contribution >= 4 is 43.5 Å². The molecule has 6 nitrogen and oxygen atoms in total. The molecule has 9 heteroatoms. The topological polar surface area (TPSA) is 115 Å². The molecule has 0 aromatic heterocycles. The molecule has 0 bridgehead atoms. The fraction of sp³-hybridized carbons (Fsp3) is 0. The third-order valence-corrected chi connectivity index (χ3v) is 4.54. The van der Waals surface area contributed by atoms with E-state index in [-0.39, 0.29) is 5.39 Å². The zero-order valence-corrected chi connectivity index (χ0v) is 11.8. The Labute approximate surface area is 115 Å². The molecule has 2 aromatic rings. The van der Waals surface area contributed by atoms with E-state index in [4.69, 9.17) is 9.69 Å². The third kappa shape index (κ3) is 2.90. The fourth-order valence-corrected chi connectivity index (χ4v) is 3.27. The van der Waals surface area contributed by atoms with Gasteiger partial charge in [0.2, 0.25) is 10.0 Å². The van der Waals surface area contributed by atoms with E-state index < -0.39 is 29.9 Å². The summed E-state index contributed by atoms with van der Waals surface area (Å²) in [5.41, 5.74) is 0. The Bertz CT molecular complexity index is 871. The van der Waals surface area contributed by atoms with E-state index in [9.17, 15) is 16.8 Å². The number of rotatable bonds is 2. The minimum atomic E-state index is -4.57. The van der Waals surface area contributed by atoms with Crippen molar-refractivity contribution in [1.82, 2.24) is 0 Å². The number of sulfonamides is 1. The van der Waals surface area contributed by atoms with Gasteiger partial charge >= 0.3 is 0 Å². The zero-order chi connectivity index (χ0) is 14.4. The lowest BCUT2D eigenvalue weighted by Gasteiger charge is -2.07. The van der Waals surface area contributed by atoms with Crippen molar-refractivity contribution in [3.05, 3.63) is 30.3 Å². The van der Waals surface area contributed by atoms with Gasteiger partial charge in [0.25, 0.3) is 10.1 Å². The van der Waals surface area contributed by atoms with Crippen LogP contribution >= 0.6 is 12.6 Å². The molecule has 0 amide bonds. The van der Waals surface area contributed by atoms with E-state index in [1.54, 1.807) is 0 Å². The lowest BCUT2D eigenvalue weighted by atomic mass is 10.1. The molecule has 0 unspecified atom stereocenters. The van der Waals surface area contributed by atoms with Gasteiger partial charge in [-0.1, -0.05) is 6.07 Å². The van der Waals surface area contributed by atoms with Crippen molar-refractivity contribution in [3.63, 3.8) is 0 Å². The summed E-state index contributed by atoms with van der Waals surface area (Å²) in [6, 6.07) is 6.47. The summed E-state index contributed by atoms with van der Waals surface area (Å²) in [6.45, 7) is 0. The van der Waals surface area contributed by atoms with Crippen LogP contribution in [0.5, 0.6) is 0 Å². The number of thiol groups is 1. The molecule has 2 aromatic carbocycles. The van der Waals surface area contributed by atoms with Gasteiger partial charge in [0.15, 0.2) is 0 Å². The van der Waals surface area contributed by atoms with Crippen LogP contribution in [0.4, 0.5) is 0 Å². The second kappa shape index (κ2) is 4.46. The number of benzene rings is 2. The molecule has 0 heterocycles. The molecule has 0 aliphatic heterocycles. The Morgan fingerprint density at radius 1 is 1.05 bits per heavy atom. The van der Waals surface area contributed by atoms with Crippen molar-refractivity contribution in [3.8, 4) is 0 Å². The van der Waals surface area contributed by atoms with Gasteiger partial charge in [-0.3, -0.25) is 4.55 Å². The second-order valence-corrected chi connectivity index (χ2v) is 7.31. The van der Waals surface area contributed by atoms with E-state index in [1.165, 1.54) is 24.3 Å². The maximum Gasteiger partial charge on any atom is 0.295 e. The summed E-state index contributed by atoms with van der Waals surface area (Å²) in [5.74, 6) is 0. The van der Waals surface area contributed by atoms with Crippen LogP contribution in [-0.4, -0.2) is 21.4 Å². The van der Waals surface area contributed by atoms with Crippen LogP contribution in [0.1, 0.15) is 0 Å². The average Bonchev–Trinajstić information content (AvgIpc) is 2.24. The van der Waals surface area contributed by atoms with Crippen molar-refractivity contribution in [1.29, 1.82) is 0 Å². The van der Waals surface area contributed by atoms with Gasteiger partial charge < -0.3 is 0 Å². The number of hydrogen-bond donors (Lipinski definition) is 3. The summed E-state index contributed by atoms with van der Waals surface area (Å²) in [5, 5.41) is 5.46. The van der Waals surface area contributed by atoms with Gasteiger partial charge in [-0.05, 0) is 29.7 Å². The van der Waals surface area contributed by atoms with Gasteiger partial charge in [0.05, 0.1) is 4.90 Å². The van der Waals surface area contributed by atoms with E-state index in [0.717, 1.165) is 6.07 Å². The molecule has 3 N–H and O–H groups in total. The van der Waals surface area contributed by atoms with Crippen molar-refractivity contribution in [2.75, 3.05) is 0 Å². The average molecular weight is 319 g/mol. The zero-order valence-electron chi connectivity index (χ0n) is 9.31. The summed E-state index contributed by atoms with van der Waals surface area (Å²) in [4.78, 5) is -0.394. The molecule has 0 atom stereocenters. The standard InChI is InChI=1S/C10H9NO5S3/c11-18(12,13)8-4-6-3-7(17)1-2-9(6)10(5-8)19(14,15)16/h1-5,17H,(H2,11,12,13)(H,14,15,16). The molecule has 0 aliphatic rings. The van der Waals surface area contributed by atoms with Gasteiger partial charge in [0.1, 0.15) is 4.90 Å². The van der Waals surface area contributed by atoms with E-state index in [2.05, 4.69) is 12.6 Å². The van der Waals surface area contributed by atoms with Crippen molar-refractivity contribution in [2.24, 2.45) is 5.14 Å². The first-order valence-corrected chi connectivity index (χ1v) is 8.29. The summed E-state index contributed by atoms with van der Waals surface area (Å²) in [7, 11) is -8.66. The lowest BCUT2D eigenvalue weighted by molar-refractivity contribution is 0.484. The molecule has 0 fully saturated rings. The molecular weight excluding hydrogens is 310 g/mol. The first-order valence-electron chi connectivity index (χ1n) is 4.86. The minimum Gasteiger partial charge on any atom is -0.282 e. The summed E-state index contributed by atoms with van der Waals surface area (Å²) >= 11 is 4.08. The Kier molecular flexibility index (Phi) is 3.35. The maximum atomic E-state index is 11.3. The van der Waals surface area contributed by atoms with Gasteiger partial charge in [-0.25, -0.2) is 13.6 Å². The largest absolute Gasteiger partial charge is 0.295 e. The number of primary sulfonamides is 1. The summed E-state index contributed by atoms with van der Waals surface area (Å²) in [6.07, 6.45) is 0. The fourth-order valence-electron chi connectivity index (χ4n) is 1.67. The molecule has 0 spiro atoms. The third-order valence-electron chi connectivity index (χ3n) is 2.48. The van der Waals surface area contributed by atoms with Crippen LogP contribution in [-0.2, 0) is 20.1 Å². The highest BCUT2D eigenvalue weighted by Gasteiger charge is 2.19. The Morgan fingerprint density at radius 2 is 1.68 bits per heavy atom. The number of nitrogens with two attached hydrogens (primary N) is 1. The SMILES string of the molecule is NS(=O)(=O)c1cc(S(=O)(=O)O)c2ccc(S)cc2c1. The van der Waals surface area contributed by atoms with Crippen LogP contribution in [0.2, 0.25) is 0 Å². The normalized spacial score (nSPS) is 12.8. The molecule has 0 aliphatic carbocycles. The Balaban J connectivity index is 3.01. The molecular formula is C10H9NO5S3. The first kappa shape index (κ1) is 14.3. The molecule has 0 saturated heterocycles. The van der Waals surface area contributed by atoms with Crippen LogP contribution in [0.3, 0.4) is 0 Å². The van der Waals surface area contributed by atoms with E-state index in [1.807, 2.05) is 0 Å². The van der Waals surface area contributed by atoms with Gasteiger partial charge in [-0.2, -0.15) is 8.42 Å². The summed E-state index contributed by atoms with van der Waals surface area (Å²) < 4.78 is 54.4. The molecule has 102 valence electrons. The predicted molar refractivity (Wildman–Crippen MR) is 72.4 cm³/mol. The lowest BCUT2D eigenvalue weighted by Crippen LogP contribution is -2.13. The van der Waals surface area contributed by atoms with Crippen molar-refractivity contribution in [2.45, 2.75) is 14.7 Å². The van der Waals surface area contributed by atoms with Gasteiger partial charge in [0, 0.05) is 10.3 Å². The molecule has 19 heavy (non-hydrogen) atoms. The smallest absolute Gasteiger partial charge is 0.282 e. The second-order valence-electron chi connectivity index (χ2n) is 3.85. The maximum absolute atomic E-state index is 11.3. The van der Waals surface area contributed by atoms with Crippen LogP contribution in [0, 0.1) is 0 Å². The molecule has 2 rings (SSSR count). The highest BCUT2D eigenvalue weighted by Crippen LogP contribution is 2.28. The van der Waals surface area contributed by atoms with Crippen molar-refractivity contribution < 1.29 is 21.4 Å². The highest BCUT2D eigenvalue weighted by atomic mass is 32.2. The first-order chi connectivity index (χ1) is 8.59. The van der Waals surface area contributed by atoms with Crippen LogP contribution in [0.25, 0.3) is 10.8 Å². The van der Waals surface area contributed by atoms with E-state index in [0.29, 0.717) is 10.3 Å². The molecule has 0 radical (unpaired) electrons. The number of fused-ring (bicyclic) bond motifs is 1. The molecule has 0 saturated carbocycles. The Hall–Kier alpha value is -1.13. The Morgan fingerprint density at radius 3 is 2.21 bits per heavy atom.